The van der Waals surface area contributed by atoms with Gasteiger partial charge in [-0.25, -0.2) is 0 Å². The third-order valence-electron chi connectivity index (χ3n) is 4.67. The van der Waals surface area contributed by atoms with Crippen LogP contribution in [0.1, 0.15) is 50.9 Å². The number of hydrogen-bond acceptors (Lipinski definition) is 6. The van der Waals surface area contributed by atoms with Crippen molar-refractivity contribution in [2.24, 2.45) is 0 Å². The summed E-state index contributed by atoms with van der Waals surface area (Å²) in [6, 6.07) is 1.90. The third-order valence-corrected chi connectivity index (χ3v) is 4.67. The quantitative estimate of drug-likeness (QED) is 0.333. The zero-order valence-corrected chi connectivity index (χ0v) is 16.4. The molecule has 2 rings (SSSR count). The maximum Gasteiger partial charge on any atom is 0.328 e. The molecule has 0 N–H and O–H groups in total. The van der Waals surface area contributed by atoms with Crippen LogP contribution in [-0.2, 0) is 22.7 Å². The Morgan fingerprint density at radius 1 is 1.19 bits per heavy atom. The van der Waals surface area contributed by atoms with Crippen LogP contribution >= 0.6 is 0 Å². The van der Waals surface area contributed by atoms with Crippen molar-refractivity contribution in [2.45, 2.75) is 54.7 Å². The van der Waals surface area contributed by atoms with Gasteiger partial charge in [0.05, 0.1) is 4.92 Å². The highest BCUT2D eigenvalue weighted by atomic mass is 16.6. The molecule has 0 amide bonds. The number of ether oxygens (including phenoxy) is 1. The van der Waals surface area contributed by atoms with Crippen molar-refractivity contribution in [1.82, 2.24) is 9.78 Å². The maximum absolute atomic E-state index is 12.2. The van der Waals surface area contributed by atoms with Gasteiger partial charge in [-0.05, 0) is 63.8 Å². The van der Waals surface area contributed by atoms with Crippen molar-refractivity contribution in [2.75, 3.05) is 0 Å². The van der Waals surface area contributed by atoms with E-state index in [0.29, 0.717) is 11.3 Å². The number of carbonyl (C=O) groups excluding carboxylic acids is 2. The first-order valence-electron chi connectivity index (χ1n) is 8.49. The molecule has 0 aliphatic heterocycles. The number of Topliss-reactive ketones (excluding diaryl/α,β-unsaturated/α-hetero) is 1. The standard InChI is InChI=1S/C19H23N3O5/c1-10-7-11(2)18(15(6)23)12(3)16(10)9-27-17(24)8-21-14(5)19(22(25)26)13(4)20-21/h7H,8-9H2,1-6H3. The first-order chi connectivity index (χ1) is 12.5. The average molecular weight is 373 g/mol. The molecule has 27 heavy (non-hydrogen) atoms. The largest absolute Gasteiger partial charge is 0.459 e. The van der Waals surface area contributed by atoms with E-state index in [2.05, 4.69) is 5.10 Å². The van der Waals surface area contributed by atoms with E-state index in [1.807, 2.05) is 26.8 Å². The Hall–Kier alpha value is -3.03. The Morgan fingerprint density at radius 3 is 2.33 bits per heavy atom. The minimum absolute atomic E-state index is 0.0262. The minimum Gasteiger partial charge on any atom is -0.459 e. The fourth-order valence-electron chi connectivity index (χ4n) is 3.42. The number of nitro groups is 1. The number of aryl methyl sites for hydroxylation is 3. The van der Waals surface area contributed by atoms with Gasteiger partial charge in [0.15, 0.2) is 5.78 Å². The highest BCUT2D eigenvalue weighted by Gasteiger charge is 2.23. The van der Waals surface area contributed by atoms with Gasteiger partial charge in [-0.1, -0.05) is 6.07 Å². The number of benzene rings is 1. The Bertz CT molecular complexity index is 944. The monoisotopic (exact) mass is 373 g/mol. The molecule has 1 heterocycles. The molecule has 0 spiro atoms. The van der Waals surface area contributed by atoms with Crippen LogP contribution in [0.4, 0.5) is 5.69 Å². The van der Waals surface area contributed by atoms with Crippen LogP contribution in [0.2, 0.25) is 0 Å². The molecule has 0 saturated heterocycles. The van der Waals surface area contributed by atoms with Gasteiger partial charge in [-0.2, -0.15) is 5.10 Å². The van der Waals surface area contributed by atoms with E-state index in [1.165, 1.54) is 18.5 Å². The molecule has 8 heteroatoms. The number of rotatable bonds is 6. The summed E-state index contributed by atoms with van der Waals surface area (Å²) in [6.07, 6.45) is 0. The Balaban J connectivity index is 2.18. The van der Waals surface area contributed by atoms with E-state index < -0.39 is 10.9 Å². The highest BCUT2D eigenvalue weighted by molar-refractivity contribution is 5.97. The van der Waals surface area contributed by atoms with Crippen molar-refractivity contribution in [3.63, 3.8) is 0 Å². The summed E-state index contributed by atoms with van der Waals surface area (Å²) in [6.45, 7) is 10.00. The van der Waals surface area contributed by atoms with E-state index >= 15 is 0 Å². The van der Waals surface area contributed by atoms with Crippen LogP contribution in [0.5, 0.6) is 0 Å². The molecular formula is C19H23N3O5. The molecule has 0 aliphatic rings. The summed E-state index contributed by atoms with van der Waals surface area (Å²) in [5, 5.41) is 15.1. The lowest BCUT2D eigenvalue weighted by molar-refractivity contribution is -0.386. The molecule has 0 radical (unpaired) electrons. The molecule has 0 bridgehead atoms. The fourth-order valence-corrected chi connectivity index (χ4v) is 3.42. The number of esters is 1. The Kier molecular flexibility index (Phi) is 5.78. The van der Waals surface area contributed by atoms with E-state index in [-0.39, 0.29) is 30.3 Å². The van der Waals surface area contributed by atoms with Crippen LogP contribution in [0.3, 0.4) is 0 Å². The first kappa shape index (κ1) is 20.3. The van der Waals surface area contributed by atoms with Gasteiger partial charge in [0, 0.05) is 5.56 Å². The minimum atomic E-state index is -0.556. The number of aromatic nitrogens is 2. The van der Waals surface area contributed by atoms with Crippen molar-refractivity contribution < 1.29 is 19.2 Å². The van der Waals surface area contributed by atoms with Crippen molar-refractivity contribution in [3.05, 3.63) is 55.4 Å². The van der Waals surface area contributed by atoms with E-state index in [4.69, 9.17) is 4.74 Å². The molecule has 0 fully saturated rings. The van der Waals surface area contributed by atoms with Crippen LogP contribution in [0.25, 0.3) is 0 Å². The molecule has 0 unspecified atom stereocenters. The lowest BCUT2D eigenvalue weighted by atomic mass is 9.92. The molecule has 0 atom stereocenters. The summed E-state index contributed by atoms with van der Waals surface area (Å²) < 4.78 is 6.62. The molecule has 0 aliphatic carbocycles. The van der Waals surface area contributed by atoms with Crippen LogP contribution in [0, 0.1) is 44.7 Å². The van der Waals surface area contributed by atoms with Gasteiger partial charge in [0.2, 0.25) is 0 Å². The maximum atomic E-state index is 12.2. The van der Waals surface area contributed by atoms with Gasteiger partial charge in [0.1, 0.15) is 24.5 Å². The molecule has 1 aromatic heterocycles. The second-order valence-electron chi connectivity index (χ2n) is 6.64. The fraction of sp³-hybridized carbons (Fsp3) is 0.421. The smallest absolute Gasteiger partial charge is 0.328 e. The Morgan fingerprint density at radius 2 is 1.81 bits per heavy atom. The number of hydrogen-bond donors (Lipinski definition) is 0. The molecule has 144 valence electrons. The van der Waals surface area contributed by atoms with Gasteiger partial charge in [0.25, 0.3) is 0 Å². The van der Waals surface area contributed by atoms with E-state index in [1.54, 1.807) is 6.92 Å². The number of carbonyl (C=O) groups is 2. The molecule has 2 aromatic rings. The second-order valence-corrected chi connectivity index (χ2v) is 6.64. The van der Waals surface area contributed by atoms with Gasteiger partial charge >= 0.3 is 11.7 Å². The Labute approximate surface area is 157 Å². The summed E-state index contributed by atoms with van der Waals surface area (Å²) in [5.41, 5.74) is 4.51. The molecule has 0 saturated carbocycles. The average Bonchev–Trinajstić information content (AvgIpc) is 2.80. The molecular weight excluding hydrogens is 350 g/mol. The summed E-state index contributed by atoms with van der Waals surface area (Å²) in [4.78, 5) is 34.6. The SMILES string of the molecule is CC(=O)c1c(C)cc(C)c(COC(=O)Cn2nc(C)c([N+](=O)[O-])c2C)c1C. The van der Waals surface area contributed by atoms with Crippen LogP contribution in [-0.4, -0.2) is 26.5 Å². The highest BCUT2D eigenvalue weighted by Crippen LogP contribution is 2.24. The summed E-state index contributed by atoms with van der Waals surface area (Å²) in [7, 11) is 0. The lowest BCUT2D eigenvalue weighted by Gasteiger charge is -2.16. The third kappa shape index (κ3) is 4.05. The van der Waals surface area contributed by atoms with E-state index in [9.17, 15) is 19.7 Å². The molecule has 8 nitrogen and oxygen atoms in total. The summed E-state index contributed by atoms with van der Waals surface area (Å²) >= 11 is 0. The van der Waals surface area contributed by atoms with Gasteiger partial charge in [-0.15, -0.1) is 0 Å². The predicted molar refractivity (Wildman–Crippen MR) is 98.8 cm³/mol. The number of nitrogens with zero attached hydrogens (tertiary/aromatic N) is 3. The van der Waals surface area contributed by atoms with Crippen molar-refractivity contribution in [3.8, 4) is 0 Å². The predicted octanol–water partition coefficient (Wildman–Crippen LogP) is 3.28. The van der Waals surface area contributed by atoms with Crippen LogP contribution in [0.15, 0.2) is 6.07 Å². The summed E-state index contributed by atoms with van der Waals surface area (Å²) in [5.74, 6) is -0.591. The first-order valence-corrected chi connectivity index (χ1v) is 8.49. The second kappa shape index (κ2) is 7.69. The van der Waals surface area contributed by atoms with Gasteiger partial charge in [-0.3, -0.25) is 24.4 Å². The van der Waals surface area contributed by atoms with Gasteiger partial charge < -0.3 is 4.74 Å². The molecule has 1 aromatic carbocycles. The zero-order chi connectivity index (χ0) is 20.5. The normalized spacial score (nSPS) is 10.7. The topological polar surface area (TPSA) is 104 Å². The number of ketones is 1. The van der Waals surface area contributed by atoms with Crippen molar-refractivity contribution >= 4 is 17.4 Å². The van der Waals surface area contributed by atoms with Crippen molar-refractivity contribution in [1.29, 1.82) is 0 Å². The van der Waals surface area contributed by atoms with Crippen LogP contribution < -0.4 is 0 Å². The zero-order valence-electron chi connectivity index (χ0n) is 16.4. The lowest BCUT2D eigenvalue weighted by Crippen LogP contribution is -2.17. The van der Waals surface area contributed by atoms with E-state index in [0.717, 1.165) is 22.3 Å².